The van der Waals surface area contributed by atoms with Gasteiger partial charge in [-0.2, -0.15) is 0 Å². The molecule has 0 unspecified atom stereocenters. The van der Waals surface area contributed by atoms with Gasteiger partial charge >= 0.3 is 0 Å². The molecule has 0 fully saturated rings. The zero-order chi connectivity index (χ0) is 13.0. The summed E-state index contributed by atoms with van der Waals surface area (Å²) in [5.74, 6) is 0.135. The molecule has 0 aliphatic rings. The number of aromatic hydroxyl groups is 1. The lowest BCUT2D eigenvalue weighted by Crippen LogP contribution is -1.94. The number of para-hydroxylation sites is 1. The first-order chi connectivity index (χ1) is 8.66. The quantitative estimate of drug-likeness (QED) is 0.784. The molecule has 0 atom stereocenters. The molecule has 2 N–H and O–H groups in total. The second-order valence-electron chi connectivity index (χ2n) is 4.17. The van der Waals surface area contributed by atoms with Crippen LogP contribution in [0, 0.1) is 12.3 Å². The van der Waals surface area contributed by atoms with Crippen LogP contribution in [-0.2, 0) is 0 Å². The summed E-state index contributed by atoms with van der Waals surface area (Å²) in [5.41, 5.74) is 3.10. The van der Waals surface area contributed by atoms with Gasteiger partial charge in [0.1, 0.15) is 5.75 Å². The van der Waals surface area contributed by atoms with Crippen molar-refractivity contribution in [3.63, 3.8) is 0 Å². The Balaban J connectivity index is 2.17. The van der Waals surface area contributed by atoms with Crippen molar-refractivity contribution < 1.29 is 5.11 Å². The third-order valence-corrected chi connectivity index (χ3v) is 2.71. The first kappa shape index (κ1) is 12.1. The monoisotopic (exact) mass is 237 g/mol. The fraction of sp³-hybridized carbons (Fsp3) is 0.0625. The summed E-state index contributed by atoms with van der Waals surface area (Å²) in [6.07, 6.45) is 3.56. The highest BCUT2D eigenvalue weighted by atomic mass is 16.3. The Kier molecular flexibility index (Phi) is 3.58. The van der Waals surface area contributed by atoms with Crippen LogP contribution in [0.4, 0.5) is 0 Å². The van der Waals surface area contributed by atoms with Crippen LogP contribution >= 0.6 is 0 Å². The van der Waals surface area contributed by atoms with E-state index in [0.29, 0.717) is 11.3 Å². The molecule has 0 aliphatic heterocycles. The first-order valence-corrected chi connectivity index (χ1v) is 5.78. The lowest BCUT2D eigenvalue weighted by atomic mass is 10.1. The summed E-state index contributed by atoms with van der Waals surface area (Å²) in [5, 5.41) is 17.6. The second kappa shape index (κ2) is 5.32. The van der Waals surface area contributed by atoms with Crippen molar-refractivity contribution in [3.8, 4) is 5.75 Å². The number of aryl methyl sites for hydroxylation is 1. The summed E-state index contributed by atoms with van der Waals surface area (Å²) in [6, 6.07) is 14.9. The molecule has 0 saturated carbocycles. The highest BCUT2D eigenvalue weighted by Gasteiger charge is 2.02. The molecule has 0 radical (unpaired) electrons. The van der Waals surface area contributed by atoms with Crippen molar-refractivity contribution in [2.24, 2.45) is 0 Å². The van der Waals surface area contributed by atoms with E-state index in [1.807, 2.05) is 43.3 Å². The summed E-state index contributed by atoms with van der Waals surface area (Å²) in [6.45, 7) is 2.04. The van der Waals surface area contributed by atoms with E-state index in [9.17, 15) is 5.11 Å². The van der Waals surface area contributed by atoms with Gasteiger partial charge in [-0.15, -0.1) is 0 Å². The van der Waals surface area contributed by atoms with Crippen molar-refractivity contribution in [3.05, 3.63) is 71.3 Å². The average Bonchev–Trinajstić information content (AvgIpc) is 2.38. The minimum atomic E-state index is 0.135. The van der Waals surface area contributed by atoms with E-state index in [1.54, 1.807) is 24.3 Å². The van der Waals surface area contributed by atoms with Gasteiger partial charge in [0.25, 0.3) is 0 Å². The lowest BCUT2D eigenvalue weighted by Gasteiger charge is -2.01. The maximum absolute atomic E-state index is 9.64. The van der Waals surface area contributed by atoms with Crippen molar-refractivity contribution >= 4 is 11.8 Å². The van der Waals surface area contributed by atoms with Crippen LogP contribution in [0.1, 0.15) is 16.7 Å². The van der Waals surface area contributed by atoms with Gasteiger partial charge in [0.2, 0.25) is 0 Å². The summed E-state index contributed by atoms with van der Waals surface area (Å²) < 4.78 is 0. The largest absolute Gasteiger partial charge is 0.507 e. The fourth-order valence-corrected chi connectivity index (χ4v) is 1.65. The topological polar surface area (TPSA) is 44.1 Å². The molecule has 0 heterocycles. The number of rotatable bonds is 3. The smallest absolute Gasteiger partial charge is 0.124 e. The number of hydrogen-bond donors (Lipinski definition) is 2. The molecule has 18 heavy (non-hydrogen) atoms. The lowest BCUT2D eigenvalue weighted by molar-refractivity contribution is 0.474. The van der Waals surface area contributed by atoms with Crippen molar-refractivity contribution in [1.82, 2.24) is 0 Å². The predicted octanol–water partition coefficient (Wildman–Crippen LogP) is 3.78. The molecule has 0 aliphatic carbocycles. The maximum Gasteiger partial charge on any atom is 0.124 e. The third-order valence-electron chi connectivity index (χ3n) is 2.71. The van der Waals surface area contributed by atoms with Gasteiger partial charge in [-0.25, -0.2) is 0 Å². The van der Waals surface area contributed by atoms with E-state index in [1.165, 1.54) is 5.56 Å². The molecule has 2 aromatic carbocycles. The Morgan fingerprint density at radius 3 is 2.39 bits per heavy atom. The third kappa shape index (κ3) is 2.86. The van der Waals surface area contributed by atoms with Crippen LogP contribution in [-0.4, -0.2) is 10.8 Å². The molecular formula is C16H15NO. The van der Waals surface area contributed by atoms with E-state index in [4.69, 9.17) is 5.41 Å². The van der Waals surface area contributed by atoms with Crippen molar-refractivity contribution in [1.29, 1.82) is 5.41 Å². The number of phenols is 1. The number of benzene rings is 2. The molecule has 2 rings (SSSR count). The van der Waals surface area contributed by atoms with E-state index in [2.05, 4.69) is 0 Å². The van der Waals surface area contributed by atoms with E-state index >= 15 is 0 Å². The molecule has 90 valence electrons. The number of phenolic OH excluding ortho intramolecular Hbond substituents is 1. The second-order valence-corrected chi connectivity index (χ2v) is 4.17. The standard InChI is InChI=1S/C16H15NO/c1-12-6-8-13(9-7-12)10-11-15(17)14-4-2-3-5-16(14)18/h2-11,17-18H,1H3. The highest BCUT2D eigenvalue weighted by molar-refractivity contribution is 6.10. The summed E-state index contributed by atoms with van der Waals surface area (Å²) >= 11 is 0. The number of hydrogen-bond acceptors (Lipinski definition) is 2. The van der Waals surface area contributed by atoms with E-state index < -0.39 is 0 Å². The highest BCUT2D eigenvalue weighted by Crippen LogP contribution is 2.17. The predicted molar refractivity (Wildman–Crippen MR) is 75.1 cm³/mol. The molecule has 0 spiro atoms. The maximum atomic E-state index is 9.64. The van der Waals surface area contributed by atoms with Crippen LogP contribution in [0.25, 0.3) is 6.08 Å². The summed E-state index contributed by atoms with van der Waals surface area (Å²) in [7, 11) is 0. The van der Waals surface area contributed by atoms with E-state index in [-0.39, 0.29) is 5.75 Å². The average molecular weight is 237 g/mol. The van der Waals surface area contributed by atoms with Gasteiger partial charge < -0.3 is 10.5 Å². The van der Waals surface area contributed by atoms with Gasteiger partial charge in [0.05, 0.1) is 5.71 Å². The Morgan fingerprint density at radius 1 is 1.06 bits per heavy atom. The van der Waals surface area contributed by atoms with E-state index in [0.717, 1.165) is 5.56 Å². The zero-order valence-electron chi connectivity index (χ0n) is 10.2. The van der Waals surface area contributed by atoms with Gasteiger partial charge in [0, 0.05) is 5.56 Å². The number of allylic oxidation sites excluding steroid dienone is 1. The van der Waals surface area contributed by atoms with Gasteiger partial charge in [-0.3, -0.25) is 0 Å². The Morgan fingerprint density at radius 2 is 1.72 bits per heavy atom. The molecule has 2 nitrogen and oxygen atoms in total. The van der Waals surface area contributed by atoms with Crippen LogP contribution in [0.2, 0.25) is 0 Å². The Bertz CT molecular complexity index is 582. The minimum absolute atomic E-state index is 0.135. The Labute approximate surface area is 107 Å². The molecule has 0 aromatic heterocycles. The molecule has 0 bridgehead atoms. The van der Waals surface area contributed by atoms with Crippen LogP contribution in [0.15, 0.2) is 54.6 Å². The molecule has 2 aromatic rings. The van der Waals surface area contributed by atoms with Crippen LogP contribution < -0.4 is 0 Å². The van der Waals surface area contributed by atoms with Gasteiger partial charge in [0.15, 0.2) is 0 Å². The number of nitrogens with one attached hydrogen (secondary N) is 1. The zero-order valence-corrected chi connectivity index (χ0v) is 10.2. The van der Waals surface area contributed by atoms with Crippen LogP contribution in [0.5, 0.6) is 5.75 Å². The molecule has 0 saturated heterocycles. The fourth-order valence-electron chi connectivity index (χ4n) is 1.65. The first-order valence-electron chi connectivity index (χ1n) is 5.78. The van der Waals surface area contributed by atoms with Crippen molar-refractivity contribution in [2.45, 2.75) is 6.92 Å². The normalized spacial score (nSPS) is 10.7. The van der Waals surface area contributed by atoms with Gasteiger partial charge in [-0.1, -0.05) is 48.0 Å². The Hall–Kier alpha value is -2.35. The van der Waals surface area contributed by atoms with Gasteiger partial charge in [-0.05, 0) is 30.7 Å². The minimum Gasteiger partial charge on any atom is -0.507 e. The molecule has 2 heteroatoms. The molecular weight excluding hydrogens is 222 g/mol. The molecule has 0 amide bonds. The van der Waals surface area contributed by atoms with Crippen molar-refractivity contribution in [2.75, 3.05) is 0 Å². The SMILES string of the molecule is Cc1ccc(C=CC(=N)c2ccccc2O)cc1. The van der Waals surface area contributed by atoms with Crippen LogP contribution in [0.3, 0.4) is 0 Å². The summed E-state index contributed by atoms with van der Waals surface area (Å²) in [4.78, 5) is 0.